The number of rotatable bonds is 9. The van der Waals surface area contributed by atoms with Crippen molar-refractivity contribution in [2.24, 2.45) is 11.7 Å². The second-order valence-electron chi connectivity index (χ2n) is 5.77. The third kappa shape index (κ3) is 6.74. The van der Waals surface area contributed by atoms with Crippen LogP contribution < -0.4 is 11.1 Å². The van der Waals surface area contributed by atoms with Crippen molar-refractivity contribution in [2.75, 3.05) is 13.1 Å². The Hall–Kier alpha value is -1.39. The second kappa shape index (κ2) is 9.53. The highest BCUT2D eigenvalue weighted by Crippen LogP contribution is 2.20. The van der Waals surface area contributed by atoms with Gasteiger partial charge in [-0.25, -0.2) is 0 Å². The van der Waals surface area contributed by atoms with Gasteiger partial charge in [0.05, 0.1) is 6.10 Å². The van der Waals surface area contributed by atoms with Gasteiger partial charge < -0.3 is 16.2 Å². The molecular formula is C17H30N2O2. The molecule has 0 spiro atoms. The fourth-order valence-electron chi connectivity index (χ4n) is 2.00. The van der Waals surface area contributed by atoms with E-state index >= 15 is 0 Å². The molecule has 4 nitrogen and oxygen atoms in total. The van der Waals surface area contributed by atoms with Crippen LogP contribution in [-0.2, 0) is 4.79 Å². The zero-order chi connectivity index (χ0) is 16.6. The van der Waals surface area contributed by atoms with Crippen molar-refractivity contribution in [3.8, 4) is 0 Å². The van der Waals surface area contributed by atoms with Crippen molar-refractivity contribution in [2.45, 2.75) is 47.1 Å². The number of carbonyl (C=O) groups is 1. The van der Waals surface area contributed by atoms with Gasteiger partial charge in [-0.1, -0.05) is 26.5 Å². The van der Waals surface area contributed by atoms with Gasteiger partial charge in [0.15, 0.2) is 5.78 Å². The lowest BCUT2D eigenvalue weighted by Crippen LogP contribution is -2.31. The summed E-state index contributed by atoms with van der Waals surface area (Å²) in [5.41, 5.74) is 7.85. The highest BCUT2D eigenvalue weighted by Gasteiger charge is 2.20. The van der Waals surface area contributed by atoms with E-state index in [9.17, 15) is 9.90 Å². The van der Waals surface area contributed by atoms with Gasteiger partial charge in [0, 0.05) is 17.8 Å². The maximum Gasteiger partial charge on any atom is 0.162 e. The van der Waals surface area contributed by atoms with Crippen LogP contribution in [0, 0.1) is 5.92 Å². The highest BCUT2D eigenvalue weighted by molar-refractivity contribution is 5.99. The summed E-state index contributed by atoms with van der Waals surface area (Å²) in [5, 5.41) is 13.5. The summed E-state index contributed by atoms with van der Waals surface area (Å²) in [5.74, 6) is 0.451. The van der Waals surface area contributed by atoms with E-state index in [1.165, 1.54) is 6.92 Å². The Labute approximate surface area is 128 Å². The summed E-state index contributed by atoms with van der Waals surface area (Å²) < 4.78 is 0. The summed E-state index contributed by atoms with van der Waals surface area (Å²) in [7, 11) is 0. The van der Waals surface area contributed by atoms with E-state index in [4.69, 9.17) is 5.73 Å². The van der Waals surface area contributed by atoms with Crippen LogP contribution in [0.3, 0.4) is 0 Å². The first-order chi connectivity index (χ1) is 9.72. The number of nitrogens with two attached hydrogens (primary N) is 1. The number of carbonyl (C=O) groups excluding carboxylic acids is 1. The monoisotopic (exact) mass is 294 g/mol. The van der Waals surface area contributed by atoms with Crippen LogP contribution in [0.15, 0.2) is 35.1 Å². The molecule has 0 aromatic heterocycles. The van der Waals surface area contributed by atoms with Crippen molar-refractivity contribution in [3.05, 3.63) is 35.1 Å². The first kappa shape index (κ1) is 19.6. The minimum Gasteiger partial charge on any atom is -0.398 e. The zero-order valence-corrected chi connectivity index (χ0v) is 14.0. The fraction of sp³-hybridized carbons (Fsp3) is 0.588. The zero-order valence-electron chi connectivity index (χ0n) is 14.0. The number of nitrogens with one attached hydrogen (secondary N) is 1. The lowest BCUT2D eigenvalue weighted by atomic mass is 9.93. The molecular weight excluding hydrogens is 264 g/mol. The van der Waals surface area contributed by atoms with Crippen molar-refractivity contribution < 1.29 is 9.90 Å². The maximum atomic E-state index is 11.9. The van der Waals surface area contributed by atoms with Gasteiger partial charge in [0.2, 0.25) is 0 Å². The average Bonchev–Trinajstić information content (AvgIpc) is 2.38. The molecule has 0 aliphatic heterocycles. The van der Waals surface area contributed by atoms with E-state index in [1.54, 1.807) is 19.9 Å². The molecule has 120 valence electrons. The van der Waals surface area contributed by atoms with Crippen molar-refractivity contribution in [3.63, 3.8) is 0 Å². The molecule has 0 aliphatic carbocycles. The first-order valence-electron chi connectivity index (χ1n) is 7.44. The standard InChI is InChI=1S/C17H30N2O2/c1-7-14(15(21)10-19-9-8-11(2)3)16(13(6)20)17(18)12(4)5/h7,11,15,19,21H,4,8-10,18H2,1-3,5-6H3/b14-7-,17-16-. The Morgan fingerprint density at radius 3 is 2.33 bits per heavy atom. The van der Waals surface area contributed by atoms with Crippen LogP contribution in [0.25, 0.3) is 0 Å². The predicted molar refractivity (Wildman–Crippen MR) is 88.8 cm³/mol. The van der Waals surface area contributed by atoms with Crippen molar-refractivity contribution in [1.29, 1.82) is 0 Å². The molecule has 21 heavy (non-hydrogen) atoms. The van der Waals surface area contributed by atoms with Gasteiger partial charge in [-0.3, -0.25) is 4.79 Å². The molecule has 4 heteroatoms. The number of aliphatic hydroxyl groups excluding tert-OH is 1. The first-order valence-corrected chi connectivity index (χ1v) is 7.44. The lowest BCUT2D eigenvalue weighted by molar-refractivity contribution is -0.113. The molecule has 1 unspecified atom stereocenters. The largest absolute Gasteiger partial charge is 0.398 e. The van der Waals surface area contributed by atoms with Crippen molar-refractivity contribution >= 4 is 5.78 Å². The van der Waals surface area contributed by atoms with E-state index in [0.717, 1.165) is 13.0 Å². The van der Waals surface area contributed by atoms with Gasteiger partial charge in [-0.15, -0.1) is 0 Å². The summed E-state index contributed by atoms with van der Waals surface area (Å²) in [6.07, 6.45) is 2.02. The molecule has 0 aromatic rings. The Balaban J connectivity index is 5.01. The van der Waals surface area contributed by atoms with Crippen LogP contribution in [0.4, 0.5) is 0 Å². The Kier molecular flexibility index (Phi) is 8.90. The number of ketones is 1. The van der Waals surface area contributed by atoms with Gasteiger partial charge in [0.25, 0.3) is 0 Å². The molecule has 0 saturated carbocycles. The minimum absolute atomic E-state index is 0.162. The van der Waals surface area contributed by atoms with E-state index < -0.39 is 6.10 Å². The number of aliphatic hydroxyl groups is 1. The van der Waals surface area contributed by atoms with E-state index in [1.807, 2.05) is 0 Å². The SMILES string of the molecule is C=C(C)/C(N)=C(C(C)=O)/C(=C\C)C(O)CNCCC(C)C. The van der Waals surface area contributed by atoms with Gasteiger partial charge in [0.1, 0.15) is 0 Å². The molecule has 0 radical (unpaired) electrons. The van der Waals surface area contributed by atoms with Crippen molar-refractivity contribution in [1.82, 2.24) is 5.32 Å². The van der Waals surface area contributed by atoms with Gasteiger partial charge in [-0.05, 0) is 50.8 Å². The molecule has 4 N–H and O–H groups in total. The molecule has 0 rings (SSSR count). The number of Topliss-reactive ketones (excluding diaryl/α,β-unsaturated/α-hetero) is 1. The third-order valence-electron chi connectivity index (χ3n) is 3.28. The summed E-state index contributed by atoms with van der Waals surface area (Å²) in [4.78, 5) is 11.9. The number of hydrogen-bond acceptors (Lipinski definition) is 4. The lowest BCUT2D eigenvalue weighted by Gasteiger charge is -2.19. The van der Waals surface area contributed by atoms with Crippen LogP contribution in [0.2, 0.25) is 0 Å². The van der Waals surface area contributed by atoms with E-state index in [-0.39, 0.29) is 5.78 Å². The Bertz CT molecular complexity index is 434. The van der Waals surface area contributed by atoms with E-state index in [2.05, 4.69) is 25.7 Å². The minimum atomic E-state index is -0.765. The Morgan fingerprint density at radius 1 is 1.38 bits per heavy atom. The molecule has 0 amide bonds. The highest BCUT2D eigenvalue weighted by atomic mass is 16.3. The number of hydrogen-bond donors (Lipinski definition) is 3. The normalized spacial score (nSPS) is 14.9. The summed E-state index contributed by atoms with van der Waals surface area (Å²) >= 11 is 0. The summed E-state index contributed by atoms with van der Waals surface area (Å²) in [6.45, 7) is 14.3. The Morgan fingerprint density at radius 2 is 1.95 bits per heavy atom. The van der Waals surface area contributed by atoms with Crippen LogP contribution in [0.1, 0.15) is 41.0 Å². The van der Waals surface area contributed by atoms with E-state index in [0.29, 0.717) is 34.9 Å². The molecule has 0 saturated heterocycles. The second-order valence-corrected chi connectivity index (χ2v) is 5.77. The molecule has 0 fully saturated rings. The maximum absolute atomic E-state index is 11.9. The van der Waals surface area contributed by atoms with Gasteiger partial charge in [-0.2, -0.15) is 0 Å². The molecule has 1 atom stereocenters. The van der Waals surface area contributed by atoms with Crippen LogP contribution in [-0.4, -0.2) is 30.1 Å². The molecule has 0 aromatic carbocycles. The predicted octanol–water partition coefficient (Wildman–Crippen LogP) is 2.31. The summed E-state index contributed by atoms with van der Waals surface area (Å²) in [6, 6.07) is 0. The number of allylic oxidation sites excluding steroid dienone is 2. The van der Waals surface area contributed by atoms with Crippen LogP contribution in [0.5, 0.6) is 0 Å². The quantitative estimate of drug-likeness (QED) is 0.346. The molecule has 0 aliphatic rings. The van der Waals surface area contributed by atoms with Gasteiger partial charge >= 0.3 is 0 Å². The fourth-order valence-corrected chi connectivity index (χ4v) is 2.00. The van der Waals surface area contributed by atoms with Crippen LogP contribution >= 0.6 is 0 Å². The average molecular weight is 294 g/mol. The third-order valence-corrected chi connectivity index (χ3v) is 3.28. The topological polar surface area (TPSA) is 75.4 Å². The molecule has 0 bridgehead atoms. The smallest absolute Gasteiger partial charge is 0.162 e. The molecule has 0 heterocycles.